The Morgan fingerprint density at radius 2 is 1.47 bits per heavy atom. The van der Waals surface area contributed by atoms with Gasteiger partial charge in [0.05, 0.1) is 4.90 Å². The predicted molar refractivity (Wildman–Crippen MR) is 110 cm³/mol. The highest BCUT2D eigenvalue weighted by Gasteiger charge is 2.37. The highest BCUT2D eigenvalue weighted by Crippen LogP contribution is 2.60. The van der Waals surface area contributed by atoms with Crippen LogP contribution in [-0.2, 0) is 14.1 Å². The highest BCUT2D eigenvalue weighted by molar-refractivity contribution is 8.56. The quantitative estimate of drug-likeness (QED) is 0.135. The van der Waals surface area contributed by atoms with E-state index in [4.69, 9.17) is 9.26 Å². The Kier molecular flexibility index (Phi) is 9.12. The monoisotopic (exact) mass is 497 g/mol. The van der Waals surface area contributed by atoms with E-state index in [1.807, 2.05) is 0 Å². The topological polar surface area (TPSA) is 64.6 Å². The molecular formula is C20H21F5NO4PS. The van der Waals surface area contributed by atoms with Gasteiger partial charge in [-0.1, -0.05) is 32.0 Å². The number of hydrogen-bond donors (Lipinski definition) is 1. The summed E-state index contributed by atoms with van der Waals surface area (Å²) in [6.07, 6.45) is 0.628. The van der Waals surface area contributed by atoms with E-state index >= 15 is 0 Å². The molecule has 5 nitrogen and oxygen atoms in total. The molecule has 0 radical (unpaired) electrons. The van der Waals surface area contributed by atoms with Crippen molar-refractivity contribution < 1.29 is 40.6 Å². The Balaban J connectivity index is 2.41. The molecule has 1 N–H and O–H groups in total. The molecule has 2 aromatic carbocycles. The number of benzene rings is 2. The summed E-state index contributed by atoms with van der Waals surface area (Å²) in [6, 6.07) is 6.05. The maximum atomic E-state index is 14.2. The second-order valence-corrected chi connectivity index (χ2v) is 10.6. The standard InChI is InChI=1S/C20H21F5NO4PS/c1-4-12(5-2)29-20(27)11(3)26-31(28,30-13-9-7-6-8-10-13)32-19-17(24)15(22)14(21)16(23)18(19)25/h6-12H,4-5H2,1-3H3,(H,26,28)/t11-,31-/m0/s1. The number of hydrogen-bond acceptors (Lipinski definition) is 5. The van der Waals surface area contributed by atoms with Crippen molar-refractivity contribution in [3.63, 3.8) is 0 Å². The first-order chi connectivity index (χ1) is 15.0. The molecule has 0 saturated heterocycles. The van der Waals surface area contributed by atoms with Crippen LogP contribution in [0.5, 0.6) is 5.75 Å². The van der Waals surface area contributed by atoms with Crippen molar-refractivity contribution in [1.82, 2.24) is 5.09 Å². The first-order valence-corrected chi connectivity index (χ1v) is 12.6. The molecule has 0 amide bonds. The second kappa shape index (κ2) is 11.2. The van der Waals surface area contributed by atoms with Crippen LogP contribution in [-0.4, -0.2) is 18.1 Å². The van der Waals surface area contributed by atoms with Gasteiger partial charge >= 0.3 is 12.7 Å². The number of esters is 1. The number of carbonyl (C=O) groups excluding carboxylic acids is 1. The highest BCUT2D eigenvalue weighted by atomic mass is 32.7. The average molecular weight is 497 g/mol. The minimum atomic E-state index is -4.51. The summed E-state index contributed by atoms with van der Waals surface area (Å²) in [5, 5.41) is 2.30. The van der Waals surface area contributed by atoms with Crippen LogP contribution in [0.1, 0.15) is 33.6 Å². The molecule has 12 heteroatoms. The molecule has 0 aliphatic carbocycles. The lowest BCUT2D eigenvalue weighted by Gasteiger charge is -2.24. The molecule has 32 heavy (non-hydrogen) atoms. The van der Waals surface area contributed by atoms with E-state index in [0.717, 1.165) is 0 Å². The van der Waals surface area contributed by atoms with Crippen molar-refractivity contribution in [2.24, 2.45) is 0 Å². The van der Waals surface area contributed by atoms with Gasteiger partial charge < -0.3 is 9.26 Å². The minimum Gasteiger partial charge on any atom is -0.461 e. The number of halogens is 5. The van der Waals surface area contributed by atoms with Gasteiger partial charge in [0.25, 0.3) is 0 Å². The molecule has 0 bridgehead atoms. The van der Waals surface area contributed by atoms with Crippen molar-refractivity contribution in [2.75, 3.05) is 0 Å². The Hall–Kier alpha value is -2.10. The van der Waals surface area contributed by atoms with E-state index in [-0.39, 0.29) is 17.1 Å². The molecule has 0 heterocycles. The van der Waals surface area contributed by atoms with Gasteiger partial charge in [0.2, 0.25) is 5.82 Å². The molecule has 0 unspecified atom stereocenters. The second-order valence-electron chi connectivity index (χ2n) is 6.62. The van der Waals surface area contributed by atoms with Crippen LogP contribution in [0.3, 0.4) is 0 Å². The lowest BCUT2D eigenvalue weighted by Crippen LogP contribution is -2.35. The summed E-state index contributed by atoms with van der Waals surface area (Å²) in [7, 11) is 0. The first kappa shape index (κ1) is 26.2. The van der Waals surface area contributed by atoms with Gasteiger partial charge in [-0.3, -0.25) is 4.79 Å². The van der Waals surface area contributed by atoms with Crippen LogP contribution in [0.4, 0.5) is 22.0 Å². The summed E-state index contributed by atoms with van der Waals surface area (Å²) >= 11 is -0.230. The fraction of sp³-hybridized carbons (Fsp3) is 0.350. The lowest BCUT2D eigenvalue weighted by molar-refractivity contribution is -0.151. The first-order valence-electron chi connectivity index (χ1n) is 9.56. The van der Waals surface area contributed by atoms with Crippen molar-refractivity contribution >= 4 is 24.1 Å². The van der Waals surface area contributed by atoms with E-state index < -0.39 is 58.8 Å². The summed E-state index contributed by atoms with van der Waals surface area (Å²) in [6.45, 7) is 0.344. The van der Waals surface area contributed by atoms with Crippen molar-refractivity contribution in [2.45, 2.75) is 50.7 Å². The molecular weight excluding hydrogens is 476 g/mol. The van der Waals surface area contributed by atoms with E-state index in [1.165, 1.54) is 31.2 Å². The van der Waals surface area contributed by atoms with E-state index in [0.29, 0.717) is 12.8 Å². The summed E-state index contributed by atoms with van der Waals surface area (Å²) in [5.41, 5.74) is 0. The van der Waals surface area contributed by atoms with Crippen LogP contribution in [0, 0.1) is 29.1 Å². The maximum Gasteiger partial charge on any atom is 0.379 e. The molecule has 0 aliphatic heterocycles. The zero-order chi connectivity index (χ0) is 24.1. The summed E-state index contributed by atoms with van der Waals surface area (Å²) in [4.78, 5) is 10.9. The molecule has 0 aliphatic rings. The van der Waals surface area contributed by atoms with Gasteiger partial charge in [0.1, 0.15) is 17.9 Å². The van der Waals surface area contributed by atoms with Crippen LogP contribution in [0.2, 0.25) is 0 Å². The minimum absolute atomic E-state index is 0.0275. The van der Waals surface area contributed by atoms with Crippen LogP contribution < -0.4 is 9.61 Å². The molecule has 0 spiro atoms. The lowest BCUT2D eigenvalue weighted by atomic mass is 10.2. The number of rotatable bonds is 10. The Morgan fingerprint density at radius 1 is 0.969 bits per heavy atom. The van der Waals surface area contributed by atoms with Gasteiger partial charge in [0, 0.05) is 11.4 Å². The predicted octanol–water partition coefficient (Wildman–Crippen LogP) is 6.37. The number of carbonyl (C=O) groups is 1. The average Bonchev–Trinajstić information content (AvgIpc) is 2.78. The van der Waals surface area contributed by atoms with Gasteiger partial charge in [0.15, 0.2) is 23.3 Å². The molecule has 0 aromatic heterocycles. The molecule has 2 rings (SSSR count). The van der Waals surface area contributed by atoms with Gasteiger partial charge in [-0.05, 0) is 31.9 Å². The largest absolute Gasteiger partial charge is 0.461 e. The molecule has 0 saturated carbocycles. The number of ether oxygens (including phenoxy) is 1. The fourth-order valence-electron chi connectivity index (χ4n) is 2.49. The van der Waals surface area contributed by atoms with Gasteiger partial charge in [-0.15, -0.1) is 0 Å². The van der Waals surface area contributed by atoms with E-state index in [9.17, 15) is 31.3 Å². The fourth-order valence-corrected chi connectivity index (χ4v) is 6.39. The summed E-state index contributed by atoms with van der Waals surface area (Å²) in [5.74, 6) is -11.9. The van der Waals surface area contributed by atoms with Crippen molar-refractivity contribution in [3.05, 3.63) is 59.4 Å². The Labute approximate surface area is 185 Å². The molecule has 2 aromatic rings. The van der Waals surface area contributed by atoms with Crippen molar-refractivity contribution in [1.29, 1.82) is 0 Å². The van der Waals surface area contributed by atoms with Crippen LogP contribution >= 0.6 is 18.1 Å². The molecule has 0 fully saturated rings. The zero-order valence-electron chi connectivity index (χ0n) is 17.3. The third-order valence-corrected chi connectivity index (χ3v) is 7.99. The number of nitrogens with one attached hydrogen (secondary N) is 1. The Morgan fingerprint density at radius 3 is 1.97 bits per heavy atom. The van der Waals surface area contributed by atoms with Crippen LogP contribution in [0.25, 0.3) is 0 Å². The smallest absolute Gasteiger partial charge is 0.379 e. The molecule has 2 atom stereocenters. The maximum absolute atomic E-state index is 14.2. The van der Waals surface area contributed by atoms with Crippen molar-refractivity contribution in [3.8, 4) is 5.75 Å². The third kappa shape index (κ3) is 6.24. The third-order valence-electron chi connectivity index (χ3n) is 4.25. The SMILES string of the molecule is CCC(CC)OC(=O)[C@H](C)N[P@](=O)(Oc1ccccc1)Sc1c(F)c(F)c(F)c(F)c1F. The number of para-hydroxylation sites is 1. The normalized spacial score (nSPS) is 14.2. The Bertz CT molecular complexity index is 978. The van der Waals surface area contributed by atoms with Gasteiger partial charge in [-0.25, -0.2) is 31.6 Å². The van der Waals surface area contributed by atoms with Crippen LogP contribution in [0.15, 0.2) is 35.2 Å². The van der Waals surface area contributed by atoms with E-state index in [2.05, 4.69) is 5.09 Å². The summed E-state index contributed by atoms with van der Waals surface area (Å²) < 4.78 is 93.0. The zero-order valence-corrected chi connectivity index (χ0v) is 19.0. The van der Waals surface area contributed by atoms with E-state index in [1.54, 1.807) is 19.9 Å². The molecule has 176 valence electrons. The van der Waals surface area contributed by atoms with Gasteiger partial charge in [-0.2, -0.15) is 0 Å².